The molecule has 0 heterocycles. The zero-order valence-electron chi connectivity index (χ0n) is 12.9. The molecule has 0 amide bonds. The molecule has 114 valence electrons. The summed E-state index contributed by atoms with van der Waals surface area (Å²) in [5, 5.41) is 10.5. The predicted molar refractivity (Wildman–Crippen MR) is 75.7 cm³/mol. The molecule has 5 nitrogen and oxygen atoms in total. The first-order valence-corrected chi connectivity index (χ1v) is 6.47. The number of carbonyl (C=O) groups excluding carboxylic acids is 2. The van der Waals surface area contributed by atoms with Crippen molar-refractivity contribution in [3.05, 3.63) is 24.3 Å². The van der Waals surface area contributed by atoms with Crippen molar-refractivity contribution >= 4 is 11.9 Å². The zero-order chi connectivity index (χ0) is 16.1. The number of rotatable bonds is 7. The fourth-order valence-corrected chi connectivity index (χ4v) is 1.48. The summed E-state index contributed by atoms with van der Waals surface area (Å²) in [4.78, 5) is 23.1. The number of esters is 2. The molecule has 0 bridgehead atoms. The SMILES string of the molecule is C=C(C)C(=O)OC(C)C(O)(CC(C)C)OC(=O)C(=C)C. The summed E-state index contributed by atoms with van der Waals surface area (Å²) in [6, 6.07) is 0. The lowest BCUT2D eigenvalue weighted by atomic mass is 9.98. The lowest BCUT2D eigenvalue weighted by Crippen LogP contribution is -2.48. The Bertz CT molecular complexity index is 410. The molecular formula is C15H24O5. The van der Waals surface area contributed by atoms with Crippen molar-refractivity contribution in [2.75, 3.05) is 0 Å². The third kappa shape index (κ3) is 5.57. The van der Waals surface area contributed by atoms with Crippen molar-refractivity contribution in [3.8, 4) is 0 Å². The largest absolute Gasteiger partial charge is 0.452 e. The maximum atomic E-state index is 11.6. The highest BCUT2D eigenvalue weighted by Gasteiger charge is 2.41. The van der Waals surface area contributed by atoms with Gasteiger partial charge < -0.3 is 14.6 Å². The zero-order valence-corrected chi connectivity index (χ0v) is 12.9. The van der Waals surface area contributed by atoms with E-state index in [-0.39, 0.29) is 23.5 Å². The van der Waals surface area contributed by atoms with Gasteiger partial charge in [-0.05, 0) is 26.7 Å². The second kappa shape index (κ2) is 7.24. The van der Waals surface area contributed by atoms with Crippen molar-refractivity contribution in [2.24, 2.45) is 5.92 Å². The van der Waals surface area contributed by atoms with Crippen LogP contribution in [0.5, 0.6) is 0 Å². The molecule has 0 aliphatic carbocycles. The molecule has 5 heteroatoms. The minimum Gasteiger partial charge on any atom is -0.452 e. The molecule has 0 aromatic carbocycles. The lowest BCUT2D eigenvalue weighted by Gasteiger charge is -2.34. The maximum absolute atomic E-state index is 11.6. The monoisotopic (exact) mass is 284 g/mol. The highest BCUT2D eigenvalue weighted by molar-refractivity contribution is 5.88. The number of aliphatic hydroxyl groups is 1. The first-order valence-electron chi connectivity index (χ1n) is 6.47. The molecule has 1 N–H and O–H groups in total. The van der Waals surface area contributed by atoms with Crippen molar-refractivity contribution in [1.29, 1.82) is 0 Å². The number of carbonyl (C=O) groups is 2. The molecular weight excluding hydrogens is 260 g/mol. The van der Waals surface area contributed by atoms with E-state index in [0.717, 1.165) is 0 Å². The average molecular weight is 284 g/mol. The fourth-order valence-electron chi connectivity index (χ4n) is 1.48. The van der Waals surface area contributed by atoms with Gasteiger partial charge in [0.2, 0.25) is 5.79 Å². The van der Waals surface area contributed by atoms with Crippen LogP contribution in [0, 0.1) is 5.92 Å². The summed E-state index contributed by atoms with van der Waals surface area (Å²) >= 11 is 0. The van der Waals surface area contributed by atoms with Crippen LogP contribution < -0.4 is 0 Å². The molecule has 0 aliphatic rings. The Hall–Kier alpha value is -1.62. The Morgan fingerprint density at radius 2 is 1.55 bits per heavy atom. The summed E-state index contributed by atoms with van der Waals surface area (Å²) in [5.41, 5.74) is 0.362. The Balaban J connectivity index is 5.10. The van der Waals surface area contributed by atoms with Crippen LogP contribution in [-0.2, 0) is 19.1 Å². The number of hydrogen-bond acceptors (Lipinski definition) is 5. The standard InChI is InChI=1S/C15H24O5/c1-9(2)8-15(18,20-14(17)11(5)6)12(7)19-13(16)10(3)4/h9,12,18H,3,5,8H2,1-2,4,6-7H3. The van der Waals surface area contributed by atoms with Gasteiger partial charge in [-0.15, -0.1) is 0 Å². The molecule has 0 spiro atoms. The third-order valence-corrected chi connectivity index (χ3v) is 2.59. The van der Waals surface area contributed by atoms with E-state index >= 15 is 0 Å². The Labute approximate surface area is 120 Å². The minimum atomic E-state index is -1.89. The van der Waals surface area contributed by atoms with Crippen LogP contribution in [0.3, 0.4) is 0 Å². The number of ether oxygens (including phenoxy) is 2. The molecule has 0 aromatic heterocycles. The van der Waals surface area contributed by atoms with E-state index in [9.17, 15) is 14.7 Å². The van der Waals surface area contributed by atoms with E-state index in [0.29, 0.717) is 0 Å². The van der Waals surface area contributed by atoms with E-state index in [1.165, 1.54) is 20.8 Å². The molecule has 20 heavy (non-hydrogen) atoms. The summed E-state index contributed by atoms with van der Waals surface area (Å²) in [5.74, 6) is -3.24. The smallest absolute Gasteiger partial charge is 0.335 e. The summed E-state index contributed by atoms with van der Waals surface area (Å²) in [7, 11) is 0. The van der Waals surface area contributed by atoms with Crippen LogP contribution in [0.4, 0.5) is 0 Å². The van der Waals surface area contributed by atoms with Gasteiger partial charge in [-0.25, -0.2) is 9.59 Å². The Morgan fingerprint density at radius 3 is 1.90 bits per heavy atom. The number of hydrogen-bond donors (Lipinski definition) is 1. The third-order valence-electron chi connectivity index (χ3n) is 2.59. The Kier molecular flexibility index (Phi) is 6.65. The van der Waals surface area contributed by atoms with E-state index in [4.69, 9.17) is 9.47 Å². The second-order valence-electron chi connectivity index (χ2n) is 5.44. The lowest BCUT2D eigenvalue weighted by molar-refractivity contribution is -0.253. The predicted octanol–water partition coefficient (Wildman–Crippen LogP) is 2.35. The quantitative estimate of drug-likeness (QED) is 0.441. The van der Waals surface area contributed by atoms with Gasteiger partial charge in [0.05, 0.1) is 0 Å². The molecule has 0 radical (unpaired) electrons. The molecule has 0 aliphatic heterocycles. The summed E-state index contributed by atoms with van der Waals surface area (Å²) in [6.45, 7) is 15.1. The van der Waals surface area contributed by atoms with Crippen LogP contribution in [0.25, 0.3) is 0 Å². The van der Waals surface area contributed by atoms with Gasteiger partial charge in [0.25, 0.3) is 0 Å². The highest BCUT2D eigenvalue weighted by Crippen LogP contribution is 2.26. The van der Waals surface area contributed by atoms with E-state index in [1.54, 1.807) is 0 Å². The molecule has 2 atom stereocenters. The van der Waals surface area contributed by atoms with E-state index in [1.807, 2.05) is 13.8 Å². The van der Waals surface area contributed by atoms with Crippen LogP contribution in [0.15, 0.2) is 24.3 Å². The first kappa shape index (κ1) is 18.4. The van der Waals surface area contributed by atoms with E-state index in [2.05, 4.69) is 13.2 Å². The molecule has 0 saturated heterocycles. The normalized spacial score (nSPS) is 15.2. The molecule has 0 fully saturated rings. The Morgan fingerprint density at radius 1 is 1.10 bits per heavy atom. The van der Waals surface area contributed by atoms with Crippen LogP contribution in [0.2, 0.25) is 0 Å². The van der Waals surface area contributed by atoms with Gasteiger partial charge in [-0.2, -0.15) is 0 Å². The van der Waals surface area contributed by atoms with Crippen LogP contribution in [0.1, 0.15) is 41.0 Å². The van der Waals surface area contributed by atoms with Gasteiger partial charge in [0.1, 0.15) is 0 Å². The van der Waals surface area contributed by atoms with Crippen LogP contribution in [-0.4, -0.2) is 28.9 Å². The molecule has 0 saturated carbocycles. The van der Waals surface area contributed by atoms with Gasteiger partial charge in [-0.3, -0.25) is 0 Å². The van der Waals surface area contributed by atoms with Crippen molar-refractivity contribution < 1.29 is 24.2 Å². The van der Waals surface area contributed by atoms with Gasteiger partial charge in [-0.1, -0.05) is 27.0 Å². The summed E-state index contributed by atoms with van der Waals surface area (Å²) < 4.78 is 10.1. The van der Waals surface area contributed by atoms with Gasteiger partial charge in [0, 0.05) is 17.6 Å². The van der Waals surface area contributed by atoms with Crippen molar-refractivity contribution in [2.45, 2.75) is 52.9 Å². The second-order valence-corrected chi connectivity index (χ2v) is 5.44. The van der Waals surface area contributed by atoms with Crippen LogP contribution >= 0.6 is 0 Å². The molecule has 2 unspecified atom stereocenters. The topological polar surface area (TPSA) is 72.8 Å². The molecule has 0 aromatic rings. The maximum Gasteiger partial charge on any atom is 0.335 e. The fraction of sp³-hybridized carbons (Fsp3) is 0.600. The summed E-state index contributed by atoms with van der Waals surface area (Å²) in [6.07, 6.45) is -0.881. The average Bonchev–Trinajstić information content (AvgIpc) is 2.26. The first-order chi connectivity index (χ1) is 8.99. The highest BCUT2D eigenvalue weighted by atomic mass is 16.7. The van der Waals surface area contributed by atoms with Crippen molar-refractivity contribution in [3.63, 3.8) is 0 Å². The molecule has 0 rings (SSSR count). The van der Waals surface area contributed by atoms with Crippen molar-refractivity contribution in [1.82, 2.24) is 0 Å². The van der Waals surface area contributed by atoms with Gasteiger partial charge >= 0.3 is 11.9 Å². The van der Waals surface area contributed by atoms with E-state index < -0.39 is 23.8 Å². The minimum absolute atomic E-state index is 0.0314. The van der Waals surface area contributed by atoms with Gasteiger partial charge in [0.15, 0.2) is 6.10 Å².